The average Bonchev–Trinajstić information content (AvgIpc) is 3.22. The minimum atomic E-state index is 0.432. The zero-order valence-electron chi connectivity index (χ0n) is 16.2. The van der Waals surface area contributed by atoms with Gasteiger partial charge in [-0.3, -0.25) is 0 Å². The highest BCUT2D eigenvalue weighted by Gasteiger charge is 2.14. The minimum absolute atomic E-state index is 0.432. The van der Waals surface area contributed by atoms with Gasteiger partial charge in [-0.05, 0) is 35.6 Å². The zero-order valence-corrected chi connectivity index (χ0v) is 17.0. The van der Waals surface area contributed by atoms with Gasteiger partial charge in [0.25, 0.3) is 0 Å². The number of anilines is 2. The molecule has 0 spiro atoms. The Hall–Kier alpha value is -3.47. The van der Waals surface area contributed by atoms with E-state index in [1.54, 1.807) is 17.5 Å². The molecule has 0 aliphatic carbocycles. The second-order valence-corrected chi connectivity index (χ2v) is 7.97. The van der Waals surface area contributed by atoms with Gasteiger partial charge in [0, 0.05) is 34.4 Å². The lowest BCUT2D eigenvalue weighted by molar-refractivity contribution is 0.122. The molecule has 0 radical (unpaired) electrons. The summed E-state index contributed by atoms with van der Waals surface area (Å²) in [5, 5.41) is 1.17. The first kappa shape index (κ1) is 18.6. The molecule has 0 unspecified atom stereocenters. The summed E-state index contributed by atoms with van der Waals surface area (Å²) in [6.07, 6.45) is 3.25. The fourth-order valence-corrected chi connectivity index (χ4v) is 4.53. The number of morpholine rings is 1. The first-order chi connectivity index (χ1) is 14.8. The normalized spacial score (nSPS) is 13.8. The summed E-state index contributed by atoms with van der Waals surface area (Å²) < 4.78 is 6.59. The first-order valence-electron chi connectivity index (χ1n) is 9.68. The molecule has 7 heteroatoms. The van der Waals surface area contributed by atoms with Crippen LogP contribution in [0.15, 0.2) is 55.0 Å². The maximum Gasteiger partial charge on any atom is 0.136 e. The van der Waals surface area contributed by atoms with Crippen molar-refractivity contribution in [3.63, 3.8) is 0 Å². The summed E-state index contributed by atoms with van der Waals surface area (Å²) in [7, 11) is 0. The average molecular weight is 414 g/mol. The van der Waals surface area contributed by atoms with Crippen molar-refractivity contribution in [2.24, 2.45) is 0 Å². The van der Waals surface area contributed by atoms with Crippen LogP contribution in [0.5, 0.6) is 0 Å². The summed E-state index contributed by atoms with van der Waals surface area (Å²) >= 11 is 1.66. The summed E-state index contributed by atoms with van der Waals surface area (Å²) in [5.74, 6) is 7.71. The molecule has 0 saturated carbocycles. The summed E-state index contributed by atoms with van der Waals surface area (Å²) in [5.41, 5.74) is 8.43. The van der Waals surface area contributed by atoms with Crippen molar-refractivity contribution >= 4 is 33.1 Å². The predicted molar refractivity (Wildman–Crippen MR) is 121 cm³/mol. The van der Waals surface area contributed by atoms with Gasteiger partial charge in [0.15, 0.2) is 0 Å². The summed E-state index contributed by atoms with van der Waals surface area (Å²) in [6, 6.07) is 14.3. The van der Waals surface area contributed by atoms with E-state index in [1.165, 1.54) is 16.4 Å². The monoisotopic (exact) mass is 413 g/mol. The predicted octanol–water partition coefficient (Wildman–Crippen LogP) is 3.57. The highest BCUT2D eigenvalue weighted by atomic mass is 32.1. The van der Waals surface area contributed by atoms with Crippen molar-refractivity contribution in [1.29, 1.82) is 0 Å². The minimum Gasteiger partial charge on any atom is -0.383 e. The van der Waals surface area contributed by atoms with E-state index in [1.807, 2.05) is 24.3 Å². The molecule has 2 N–H and O–H groups in total. The van der Waals surface area contributed by atoms with E-state index < -0.39 is 0 Å². The largest absolute Gasteiger partial charge is 0.383 e. The van der Waals surface area contributed by atoms with Gasteiger partial charge < -0.3 is 15.4 Å². The van der Waals surface area contributed by atoms with Crippen LogP contribution < -0.4 is 10.6 Å². The van der Waals surface area contributed by atoms with Gasteiger partial charge in [0.05, 0.1) is 18.8 Å². The number of nitrogens with zero attached hydrogens (tertiary/aromatic N) is 4. The topological polar surface area (TPSA) is 77.2 Å². The molecular weight excluding hydrogens is 394 g/mol. The van der Waals surface area contributed by atoms with Crippen molar-refractivity contribution < 1.29 is 4.74 Å². The van der Waals surface area contributed by atoms with Gasteiger partial charge in [0.1, 0.15) is 23.7 Å². The first-order valence-corrected chi connectivity index (χ1v) is 10.5. The molecule has 4 aromatic rings. The number of nitrogens with two attached hydrogens (primary N) is 1. The number of aromatic nitrogens is 3. The van der Waals surface area contributed by atoms with E-state index in [2.05, 4.69) is 49.9 Å². The molecule has 0 bridgehead atoms. The lowest BCUT2D eigenvalue weighted by atomic mass is 10.1. The highest BCUT2D eigenvalue weighted by Crippen LogP contribution is 2.36. The maximum atomic E-state index is 6.21. The number of thiophene rings is 1. The Balaban J connectivity index is 1.46. The standard InChI is InChI=1S/C23H19N5OS/c24-23-22(20-13-17-3-1-2-4-19(17)30-20)18(26-15-27-23)7-5-16-6-8-21(25-14-16)28-9-11-29-12-10-28/h1-4,6,8,13-15H,9-12H2,(H2,24,26,27). The Kier molecular flexibility index (Phi) is 5.01. The van der Waals surface area contributed by atoms with Crippen LogP contribution >= 0.6 is 11.3 Å². The molecule has 1 aliphatic rings. The molecule has 3 aromatic heterocycles. The summed E-state index contributed by atoms with van der Waals surface area (Å²) in [4.78, 5) is 16.4. The van der Waals surface area contributed by atoms with Crippen LogP contribution in [0.4, 0.5) is 11.6 Å². The van der Waals surface area contributed by atoms with Gasteiger partial charge >= 0.3 is 0 Å². The van der Waals surface area contributed by atoms with Crippen molar-refractivity contribution in [2.45, 2.75) is 0 Å². The van der Waals surface area contributed by atoms with Gasteiger partial charge in [-0.1, -0.05) is 24.1 Å². The van der Waals surface area contributed by atoms with E-state index in [-0.39, 0.29) is 0 Å². The van der Waals surface area contributed by atoms with Crippen LogP contribution in [0.3, 0.4) is 0 Å². The lowest BCUT2D eigenvalue weighted by Crippen LogP contribution is -2.36. The van der Waals surface area contributed by atoms with Gasteiger partial charge in [-0.2, -0.15) is 0 Å². The van der Waals surface area contributed by atoms with Crippen LogP contribution in [0, 0.1) is 11.8 Å². The number of hydrogen-bond donors (Lipinski definition) is 1. The highest BCUT2D eigenvalue weighted by molar-refractivity contribution is 7.22. The van der Waals surface area contributed by atoms with Crippen LogP contribution in [0.25, 0.3) is 20.5 Å². The molecule has 30 heavy (non-hydrogen) atoms. The molecule has 5 rings (SSSR count). The molecule has 1 saturated heterocycles. The number of benzene rings is 1. The van der Waals surface area contributed by atoms with E-state index >= 15 is 0 Å². The van der Waals surface area contributed by atoms with Gasteiger partial charge in [-0.25, -0.2) is 15.0 Å². The number of fused-ring (bicyclic) bond motifs is 1. The Morgan fingerprint density at radius 2 is 1.87 bits per heavy atom. The molecule has 0 amide bonds. The number of pyridine rings is 1. The number of nitrogen functional groups attached to an aromatic ring is 1. The third-order valence-corrected chi connectivity index (χ3v) is 6.09. The van der Waals surface area contributed by atoms with Crippen LogP contribution in [-0.4, -0.2) is 41.3 Å². The van der Waals surface area contributed by atoms with Crippen LogP contribution in [0.1, 0.15) is 11.3 Å². The van der Waals surface area contributed by atoms with Crippen molar-refractivity contribution in [2.75, 3.05) is 36.9 Å². The van der Waals surface area contributed by atoms with Gasteiger partial charge in [0.2, 0.25) is 0 Å². The SMILES string of the molecule is Nc1ncnc(C#Cc2ccc(N3CCOCC3)nc2)c1-c1cc2ccccc2s1. The van der Waals surface area contributed by atoms with Crippen LogP contribution in [0.2, 0.25) is 0 Å². The number of ether oxygens (including phenoxy) is 1. The second kappa shape index (κ2) is 8.11. The Bertz CT molecular complexity index is 1220. The number of rotatable bonds is 2. The molecule has 6 nitrogen and oxygen atoms in total. The second-order valence-electron chi connectivity index (χ2n) is 6.89. The molecule has 1 aliphatic heterocycles. The maximum absolute atomic E-state index is 6.21. The molecule has 1 fully saturated rings. The fourth-order valence-electron chi connectivity index (χ4n) is 3.41. The Morgan fingerprint density at radius 3 is 2.67 bits per heavy atom. The lowest BCUT2D eigenvalue weighted by Gasteiger charge is -2.27. The molecule has 148 valence electrons. The zero-order chi connectivity index (χ0) is 20.3. The van der Waals surface area contributed by atoms with E-state index in [9.17, 15) is 0 Å². The molecular formula is C23H19N5OS. The third-order valence-electron chi connectivity index (χ3n) is 4.96. The fraction of sp³-hybridized carbons (Fsp3) is 0.174. The smallest absolute Gasteiger partial charge is 0.136 e. The number of hydrogen-bond acceptors (Lipinski definition) is 7. The Labute approximate surface area is 178 Å². The van der Waals surface area contributed by atoms with Crippen molar-refractivity contribution in [3.05, 3.63) is 66.2 Å². The Morgan fingerprint density at radius 1 is 1.00 bits per heavy atom. The quantitative estimate of drug-likeness (QED) is 0.506. The van der Waals surface area contributed by atoms with E-state index in [4.69, 9.17) is 10.5 Å². The van der Waals surface area contributed by atoms with E-state index in [0.717, 1.165) is 48.1 Å². The third kappa shape index (κ3) is 3.71. The molecule has 4 heterocycles. The van der Waals surface area contributed by atoms with E-state index in [0.29, 0.717) is 11.5 Å². The summed E-state index contributed by atoms with van der Waals surface area (Å²) in [6.45, 7) is 3.19. The molecule has 1 aromatic carbocycles. The molecule has 0 atom stereocenters. The van der Waals surface area contributed by atoms with Gasteiger partial charge in [-0.15, -0.1) is 11.3 Å². The van der Waals surface area contributed by atoms with Crippen molar-refractivity contribution in [3.8, 4) is 22.3 Å². The van der Waals surface area contributed by atoms with Crippen LogP contribution in [-0.2, 0) is 4.74 Å². The van der Waals surface area contributed by atoms with Crippen molar-refractivity contribution in [1.82, 2.24) is 15.0 Å².